The molecule has 2 aromatic rings. The first-order chi connectivity index (χ1) is 13.2. The normalized spacial score (nSPS) is 17.0. The molecule has 0 spiro atoms. The number of carboxylic acid groups (broad SMARTS) is 1. The van der Waals surface area contributed by atoms with Crippen LogP contribution in [0.3, 0.4) is 0 Å². The molecule has 3 rings (SSSR count). The Balaban J connectivity index is 2.07. The number of halogens is 1. The Morgan fingerprint density at radius 2 is 2.21 bits per heavy atom. The highest BCUT2D eigenvalue weighted by molar-refractivity contribution is 5.96. The summed E-state index contributed by atoms with van der Waals surface area (Å²) in [7, 11) is 0. The van der Waals surface area contributed by atoms with Crippen molar-refractivity contribution in [1.82, 2.24) is 14.9 Å². The third-order valence-electron chi connectivity index (χ3n) is 5.14. The molecule has 0 radical (unpaired) electrons. The van der Waals surface area contributed by atoms with E-state index in [4.69, 9.17) is 5.73 Å². The number of aryl methyl sites for hydroxylation is 1. The molecule has 4 N–H and O–H groups in total. The van der Waals surface area contributed by atoms with Crippen molar-refractivity contribution in [2.75, 3.05) is 30.3 Å². The minimum atomic E-state index is -1.38. The van der Waals surface area contributed by atoms with E-state index < -0.39 is 22.8 Å². The van der Waals surface area contributed by atoms with Gasteiger partial charge in [-0.2, -0.15) is 0 Å². The Kier molecular flexibility index (Phi) is 5.55. The zero-order valence-corrected chi connectivity index (χ0v) is 16.3. The molecule has 0 aromatic carbocycles. The fourth-order valence-corrected chi connectivity index (χ4v) is 3.59. The third kappa shape index (κ3) is 3.54. The number of anilines is 2. The van der Waals surface area contributed by atoms with E-state index in [1.165, 1.54) is 10.8 Å². The average molecular weight is 391 g/mol. The number of fused-ring (bicyclic) bond motifs is 1. The summed E-state index contributed by atoms with van der Waals surface area (Å²) in [5, 5.41) is 12.5. The Morgan fingerprint density at radius 1 is 1.50 bits per heavy atom. The summed E-state index contributed by atoms with van der Waals surface area (Å²) in [5.41, 5.74) is 4.54. The van der Waals surface area contributed by atoms with Crippen LogP contribution in [0.15, 0.2) is 11.0 Å². The maximum atomic E-state index is 15.0. The summed E-state index contributed by atoms with van der Waals surface area (Å²) < 4.78 is 16.6. The maximum Gasteiger partial charge on any atom is 0.341 e. The van der Waals surface area contributed by atoms with E-state index in [0.29, 0.717) is 31.6 Å². The Labute approximate surface area is 162 Å². The standard InChI is InChI=1S/C19H26FN5O3/c1-4-24-9-12(19(27)28)16(26)13-15(21)14(20)18(23-17(13)24)25-6-5-11(8-25)7-22-10(2)3/h9-11,22H,4-8H2,1-3H3,(H2,21,23)(H,27,28). The lowest BCUT2D eigenvalue weighted by molar-refractivity contribution is 0.0695. The predicted molar refractivity (Wildman–Crippen MR) is 106 cm³/mol. The first-order valence-electron chi connectivity index (χ1n) is 9.48. The topological polar surface area (TPSA) is 113 Å². The molecule has 1 fully saturated rings. The lowest BCUT2D eigenvalue weighted by atomic mass is 10.1. The summed E-state index contributed by atoms with van der Waals surface area (Å²) in [5.74, 6) is -1.67. The minimum absolute atomic E-state index is 0.113. The number of aromatic nitrogens is 2. The van der Waals surface area contributed by atoms with Crippen LogP contribution in [-0.4, -0.2) is 46.3 Å². The second-order valence-corrected chi connectivity index (χ2v) is 7.49. The van der Waals surface area contributed by atoms with Crippen LogP contribution in [0.2, 0.25) is 0 Å². The number of rotatable bonds is 6. The van der Waals surface area contributed by atoms with E-state index >= 15 is 4.39 Å². The van der Waals surface area contributed by atoms with Crippen molar-refractivity contribution < 1.29 is 14.3 Å². The number of nitrogens with two attached hydrogens (primary N) is 1. The molecule has 0 aliphatic carbocycles. The van der Waals surface area contributed by atoms with E-state index in [9.17, 15) is 14.7 Å². The van der Waals surface area contributed by atoms with Crippen molar-refractivity contribution in [3.05, 3.63) is 27.8 Å². The van der Waals surface area contributed by atoms with Crippen LogP contribution < -0.4 is 21.4 Å². The van der Waals surface area contributed by atoms with Gasteiger partial charge in [0.05, 0.1) is 11.1 Å². The van der Waals surface area contributed by atoms with Crippen LogP contribution in [0.5, 0.6) is 0 Å². The smallest absolute Gasteiger partial charge is 0.341 e. The lowest BCUT2D eigenvalue weighted by Crippen LogP contribution is -2.31. The highest BCUT2D eigenvalue weighted by Gasteiger charge is 2.29. The lowest BCUT2D eigenvalue weighted by Gasteiger charge is -2.21. The van der Waals surface area contributed by atoms with Gasteiger partial charge in [0.2, 0.25) is 5.43 Å². The van der Waals surface area contributed by atoms with Gasteiger partial charge in [-0.3, -0.25) is 4.79 Å². The third-order valence-corrected chi connectivity index (χ3v) is 5.14. The number of pyridine rings is 2. The zero-order valence-electron chi connectivity index (χ0n) is 16.3. The Morgan fingerprint density at radius 3 is 2.82 bits per heavy atom. The van der Waals surface area contributed by atoms with E-state index in [0.717, 1.165) is 13.0 Å². The Hall–Kier alpha value is -2.68. The van der Waals surface area contributed by atoms with Gasteiger partial charge in [0.25, 0.3) is 0 Å². The van der Waals surface area contributed by atoms with Crippen molar-refractivity contribution in [1.29, 1.82) is 0 Å². The molecule has 1 aliphatic heterocycles. The first kappa shape index (κ1) is 20.1. The minimum Gasteiger partial charge on any atom is -0.477 e. The highest BCUT2D eigenvalue weighted by atomic mass is 19.1. The zero-order chi connectivity index (χ0) is 20.6. The van der Waals surface area contributed by atoms with E-state index in [-0.39, 0.29) is 22.5 Å². The number of hydrogen-bond acceptors (Lipinski definition) is 6. The molecule has 1 saturated heterocycles. The number of carbonyl (C=O) groups is 1. The number of carboxylic acids is 1. The second-order valence-electron chi connectivity index (χ2n) is 7.49. The molecule has 3 heterocycles. The molecule has 1 atom stereocenters. The van der Waals surface area contributed by atoms with Crippen LogP contribution in [0, 0.1) is 11.7 Å². The van der Waals surface area contributed by atoms with Gasteiger partial charge in [-0.15, -0.1) is 0 Å². The number of aromatic carboxylic acids is 1. The monoisotopic (exact) mass is 391 g/mol. The Bertz CT molecular complexity index is 972. The summed E-state index contributed by atoms with van der Waals surface area (Å²) in [6, 6.07) is 0.377. The van der Waals surface area contributed by atoms with E-state index in [1.807, 2.05) is 4.90 Å². The SMILES string of the molecule is CCn1cc(C(=O)O)c(=O)c2c(N)c(F)c(N3CCC(CNC(C)C)C3)nc21. The van der Waals surface area contributed by atoms with E-state index in [2.05, 4.69) is 24.1 Å². The highest BCUT2D eigenvalue weighted by Crippen LogP contribution is 2.31. The van der Waals surface area contributed by atoms with Gasteiger partial charge in [-0.25, -0.2) is 14.2 Å². The van der Waals surface area contributed by atoms with Gasteiger partial charge in [0, 0.05) is 31.9 Å². The van der Waals surface area contributed by atoms with Crippen molar-refractivity contribution in [3.63, 3.8) is 0 Å². The van der Waals surface area contributed by atoms with Gasteiger partial charge in [-0.05, 0) is 25.8 Å². The molecule has 8 nitrogen and oxygen atoms in total. The number of nitrogens with one attached hydrogen (secondary N) is 1. The van der Waals surface area contributed by atoms with Crippen molar-refractivity contribution >= 4 is 28.5 Å². The molecule has 9 heteroatoms. The second kappa shape index (κ2) is 7.75. The summed E-state index contributed by atoms with van der Waals surface area (Å²) in [6.07, 6.45) is 2.14. The molecule has 1 unspecified atom stereocenters. The van der Waals surface area contributed by atoms with Gasteiger partial charge in [0.1, 0.15) is 11.2 Å². The summed E-state index contributed by atoms with van der Waals surface area (Å²) >= 11 is 0. The number of nitrogen functional groups attached to an aromatic ring is 1. The molecule has 0 bridgehead atoms. The fourth-order valence-electron chi connectivity index (χ4n) is 3.59. The van der Waals surface area contributed by atoms with Crippen LogP contribution >= 0.6 is 0 Å². The number of nitrogens with zero attached hydrogens (tertiary/aromatic N) is 3. The van der Waals surface area contributed by atoms with Crippen LogP contribution in [0.25, 0.3) is 11.0 Å². The number of hydrogen-bond donors (Lipinski definition) is 3. The van der Waals surface area contributed by atoms with Gasteiger partial charge in [-0.1, -0.05) is 13.8 Å². The molecule has 152 valence electrons. The van der Waals surface area contributed by atoms with Gasteiger partial charge < -0.3 is 25.6 Å². The van der Waals surface area contributed by atoms with Crippen LogP contribution in [-0.2, 0) is 6.54 Å². The fraction of sp³-hybridized carbons (Fsp3) is 0.526. The van der Waals surface area contributed by atoms with Gasteiger partial charge in [0.15, 0.2) is 11.6 Å². The molecule has 2 aromatic heterocycles. The predicted octanol–water partition coefficient (Wildman–Crippen LogP) is 1.66. The van der Waals surface area contributed by atoms with Crippen molar-refractivity contribution in [3.8, 4) is 0 Å². The summed E-state index contributed by atoms with van der Waals surface area (Å²) in [4.78, 5) is 30.2. The maximum absolute atomic E-state index is 15.0. The molecule has 28 heavy (non-hydrogen) atoms. The molecule has 1 aliphatic rings. The van der Waals surface area contributed by atoms with Gasteiger partial charge >= 0.3 is 5.97 Å². The first-order valence-corrected chi connectivity index (χ1v) is 9.48. The van der Waals surface area contributed by atoms with Crippen molar-refractivity contribution in [2.45, 2.75) is 39.8 Å². The largest absolute Gasteiger partial charge is 0.477 e. The van der Waals surface area contributed by atoms with E-state index in [1.54, 1.807) is 6.92 Å². The average Bonchev–Trinajstić information content (AvgIpc) is 3.11. The van der Waals surface area contributed by atoms with Crippen LogP contribution in [0.1, 0.15) is 37.6 Å². The van der Waals surface area contributed by atoms with Crippen molar-refractivity contribution in [2.24, 2.45) is 5.92 Å². The molecule has 0 saturated carbocycles. The molecule has 0 amide bonds. The quantitative estimate of drug-likeness (QED) is 0.686. The van der Waals surface area contributed by atoms with Crippen LogP contribution in [0.4, 0.5) is 15.9 Å². The summed E-state index contributed by atoms with van der Waals surface area (Å²) in [6.45, 7) is 8.43. The molecular formula is C19H26FN5O3. The molecular weight excluding hydrogens is 365 g/mol.